The van der Waals surface area contributed by atoms with Crippen molar-refractivity contribution < 1.29 is 22.4 Å². The van der Waals surface area contributed by atoms with Gasteiger partial charge in [0.2, 0.25) is 11.0 Å². The van der Waals surface area contributed by atoms with Crippen molar-refractivity contribution in [3.05, 3.63) is 48.0 Å². The van der Waals surface area contributed by atoms with Gasteiger partial charge in [0.1, 0.15) is 0 Å². The van der Waals surface area contributed by atoms with Crippen molar-refractivity contribution in [2.45, 2.75) is 30.5 Å². The van der Waals surface area contributed by atoms with E-state index in [0.29, 0.717) is 5.69 Å². The van der Waals surface area contributed by atoms with E-state index in [0.717, 1.165) is 17.1 Å². The summed E-state index contributed by atoms with van der Waals surface area (Å²) < 4.78 is 31.1. The van der Waals surface area contributed by atoms with Gasteiger partial charge >= 0.3 is 0 Å². The van der Waals surface area contributed by atoms with E-state index in [1.54, 1.807) is 24.4 Å². The fraction of sp³-hybridized carbons (Fsp3) is 0.353. The van der Waals surface area contributed by atoms with E-state index in [1.807, 2.05) is 0 Å². The van der Waals surface area contributed by atoms with E-state index < -0.39 is 21.0 Å². The summed E-state index contributed by atoms with van der Waals surface area (Å²) in [5, 5.41) is 4.92. The molecule has 144 valence electrons. The molecule has 9 nitrogen and oxygen atoms in total. The summed E-state index contributed by atoms with van der Waals surface area (Å²) in [5.41, 5.74) is 0.659. The van der Waals surface area contributed by atoms with E-state index in [1.165, 1.54) is 19.2 Å². The highest BCUT2D eigenvalue weighted by Gasteiger charge is 2.29. The summed E-state index contributed by atoms with van der Waals surface area (Å²) in [7, 11) is -2.73. The molecule has 1 aliphatic rings. The minimum absolute atomic E-state index is 0.139. The number of amides is 2. The molecule has 0 aromatic carbocycles. The van der Waals surface area contributed by atoms with Crippen molar-refractivity contribution in [1.29, 1.82) is 0 Å². The maximum Gasteiger partial charge on any atom is 0.287 e. The van der Waals surface area contributed by atoms with Crippen molar-refractivity contribution in [2.24, 2.45) is 0 Å². The Labute approximate surface area is 156 Å². The molecule has 0 atom stereocenters. The smallest absolute Gasteiger partial charge is 0.287 e. The van der Waals surface area contributed by atoms with Crippen molar-refractivity contribution in [3.8, 4) is 0 Å². The van der Waals surface area contributed by atoms with Crippen molar-refractivity contribution in [1.82, 2.24) is 19.9 Å². The molecular formula is C17H20N4O5S. The lowest BCUT2D eigenvalue weighted by atomic mass is 10.3. The number of sulfonamides is 1. The molecule has 1 saturated carbocycles. The lowest BCUT2D eigenvalue weighted by molar-refractivity contribution is -0.121. The third kappa shape index (κ3) is 4.92. The molecule has 2 aromatic rings. The monoisotopic (exact) mass is 392 g/mol. The topological polar surface area (TPSA) is 122 Å². The Bertz CT molecular complexity index is 922. The van der Waals surface area contributed by atoms with Gasteiger partial charge in [0.15, 0.2) is 5.76 Å². The molecule has 27 heavy (non-hydrogen) atoms. The van der Waals surface area contributed by atoms with Crippen molar-refractivity contribution in [3.63, 3.8) is 0 Å². The zero-order valence-corrected chi connectivity index (χ0v) is 15.5. The number of pyridine rings is 1. The van der Waals surface area contributed by atoms with E-state index >= 15 is 0 Å². The molecule has 0 bridgehead atoms. The summed E-state index contributed by atoms with van der Waals surface area (Å²) in [6.07, 6.45) is 3.43. The van der Waals surface area contributed by atoms with E-state index in [4.69, 9.17) is 4.42 Å². The molecule has 1 aliphatic carbocycles. The Balaban J connectivity index is 1.60. The average Bonchev–Trinajstić information content (AvgIpc) is 3.30. The first kappa shape index (κ1) is 19.1. The van der Waals surface area contributed by atoms with Crippen LogP contribution in [0, 0.1) is 0 Å². The van der Waals surface area contributed by atoms with Crippen LogP contribution in [0.5, 0.6) is 0 Å². The normalized spacial score (nSPS) is 14.1. The van der Waals surface area contributed by atoms with Crippen LogP contribution in [-0.4, -0.2) is 49.2 Å². The second kappa shape index (κ2) is 7.89. The second-order valence-electron chi connectivity index (χ2n) is 6.23. The first-order chi connectivity index (χ1) is 12.9. The number of likely N-dealkylation sites (N-methyl/N-ethyl adjacent to an activating group) is 1. The number of nitrogens with zero attached hydrogens (tertiary/aromatic N) is 2. The summed E-state index contributed by atoms with van der Waals surface area (Å²) in [6, 6.07) is 7.92. The van der Waals surface area contributed by atoms with Gasteiger partial charge in [-0.25, -0.2) is 8.42 Å². The Hall–Kier alpha value is -2.72. The van der Waals surface area contributed by atoms with Crippen molar-refractivity contribution >= 4 is 21.8 Å². The molecule has 1 fully saturated rings. The van der Waals surface area contributed by atoms with E-state index in [9.17, 15) is 18.0 Å². The average molecular weight is 392 g/mol. The maximum atomic E-state index is 12.5. The molecule has 2 amide bonds. The third-order valence-electron chi connectivity index (χ3n) is 3.93. The lowest BCUT2D eigenvalue weighted by Crippen LogP contribution is -2.39. The first-order valence-corrected chi connectivity index (χ1v) is 9.84. The standard InChI is InChI=1S/C17H20N4O5S/c1-21(11-15(22)20-12-5-6-12)27(24,25)16-8-7-14(26-16)17(23)19-10-13-4-2-3-9-18-13/h2-4,7-9,12H,5-6,10-11H2,1H3,(H,19,23)(H,20,22). The Morgan fingerprint density at radius 3 is 2.70 bits per heavy atom. The fourth-order valence-corrected chi connectivity index (χ4v) is 3.31. The summed E-state index contributed by atoms with van der Waals surface area (Å²) in [6.45, 7) is -0.134. The Morgan fingerprint density at radius 1 is 1.26 bits per heavy atom. The van der Waals surface area contributed by atoms with Crippen LogP contribution in [0.4, 0.5) is 0 Å². The molecule has 2 N–H and O–H groups in total. The van der Waals surface area contributed by atoms with Crippen LogP contribution in [0.2, 0.25) is 0 Å². The minimum atomic E-state index is -4.02. The predicted molar refractivity (Wildman–Crippen MR) is 95.1 cm³/mol. The Morgan fingerprint density at radius 2 is 2.04 bits per heavy atom. The molecule has 0 spiro atoms. The summed E-state index contributed by atoms with van der Waals surface area (Å²) in [4.78, 5) is 28.0. The van der Waals surface area contributed by atoms with E-state index in [-0.39, 0.29) is 30.8 Å². The molecule has 2 heterocycles. The number of aromatic nitrogens is 1. The molecule has 3 rings (SSSR count). The third-order valence-corrected chi connectivity index (χ3v) is 5.61. The highest BCUT2D eigenvalue weighted by molar-refractivity contribution is 7.89. The highest BCUT2D eigenvalue weighted by atomic mass is 32.2. The van der Waals surface area contributed by atoms with Crippen molar-refractivity contribution in [2.75, 3.05) is 13.6 Å². The summed E-state index contributed by atoms with van der Waals surface area (Å²) >= 11 is 0. The SMILES string of the molecule is CN(CC(=O)NC1CC1)S(=O)(=O)c1ccc(C(=O)NCc2ccccn2)o1. The largest absolute Gasteiger partial charge is 0.438 e. The fourth-order valence-electron chi connectivity index (χ4n) is 2.28. The van der Waals surface area contributed by atoms with Gasteiger partial charge in [0, 0.05) is 19.3 Å². The molecule has 0 radical (unpaired) electrons. The number of nitrogens with one attached hydrogen (secondary N) is 2. The molecule has 2 aromatic heterocycles. The number of rotatable bonds is 8. The van der Waals surface area contributed by atoms with Crippen LogP contribution >= 0.6 is 0 Å². The second-order valence-corrected chi connectivity index (χ2v) is 8.20. The van der Waals surface area contributed by atoms with Crippen LogP contribution < -0.4 is 10.6 Å². The molecule has 10 heteroatoms. The quantitative estimate of drug-likeness (QED) is 0.675. The predicted octanol–water partition coefficient (Wildman–Crippen LogP) is 0.504. The zero-order chi connectivity index (χ0) is 19.4. The zero-order valence-electron chi connectivity index (χ0n) is 14.7. The van der Waals surface area contributed by atoms with Gasteiger partial charge < -0.3 is 15.1 Å². The van der Waals surface area contributed by atoms with Gasteiger partial charge in [-0.15, -0.1) is 0 Å². The van der Waals surface area contributed by atoms with E-state index in [2.05, 4.69) is 15.6 Å². The lowest BCUT2D eigenvalue weighted by Gasteiger charge is -2.14. The van der Waals surface area contributed by atoms with Gasteiger partial charge in [-0.3, -0.25) is 14.6 Å². The van der Waals surface area contributed by atoms with Crippen LogP contribution in [0.3, 0.4) is 0 Å². The first-order valence-electron chi connectivity index (χ1n) is 8.40. The maximum absolute atomic E-state index is 12.5. The number of hydrogen-bond acceptors (Lipinski definition) is 6. The molecule has 0 aliphatic heterocycles. The van der Waals surface area contributed by atoms with Crippen LogP contribution in [0.25, 0.3) is 0 Å². The molecule has 0 unspecified atom stereocenters. The minimum Gasteiger partial charge on any atom is -0.438 e. The molecule has 0 saturated heterocycles. The van der Waals surface area contributed by atoms with Crippen LogP contribution in [0.1, 0.15) is 29.1 Å². The molecular weight excluding hydrogens is 372 g/mol. The Kier molecular flexibility index (Phi) is 5.57. The van der Waals surface area contributed by atoms with Gasteiger partial charge in [-0.1, -0.05) is 6.07 Å². The number of hydrogen-bond donors (Lipinski definition) is 2. The number of carbonyl (C=O) groups excluding carboxylic acids is 2. The van der Waals surface area contributed by atoms with Gasteiger partial charge in [-0.05, 0) is 37.1 Å². The highest BCUT2D eigenvalue weighted by Crippen LogP contribution is 2.20. The van der Waals surface area contributed by atoms with Crippen LogP contribution in [-0.2, 0) is 21.4 Å². The number of carbonyl (C=O) groups is 2. The summed E-state index contributed by atoms with van der Waals surface area (Å²) in [5.74, 6) is -1.07. The number of furan rings is 1. The van der Waals surface area contributed by atoms with Gasteiger partial charge in [-0.2, -0.15) is 4.31 Å². The van der Waals surface area contributed by atoms with Crippen LogP contribution in [0.15, 0.2) is 46.0 Å². The van der Waals surface area contributed by atoms with Gasteiger partial charge in [0.05, 0.1) is 18.8 Å². The van der Waals surface area contributed by atoms with Gasteiger partial charge in [0.25, 0.3) is 15.9 Å².